The van der Waals surface area contributed by atoms with Crippen LogP contribution in [0.15, 0.2) is 12.1 Å². The van der Waals surface area contributed by atoms with Crippen molar-refractivity contribution in [2.24, 2.45) is 0 Å². The number of hydrogen-bond acceptors (Lipinski definition) is 3. The Morgan fingerprint density at radius 1 is 0.641 bits per heavy atom. The van der Waals surface area contributed by atoms with Gasteiger partial charge >= 0.3 is 5.97 Å². The SMILES string of the molecule is CCCCCCCCCCCCCCCCCCCOC(=O)CCc1cc(C(C)(C)C)c(O)c(C(C)(C)C)c1. The van der Waals surface area contributed by atoms with Crippen LogP contribution in [0.4, 0.5) is 0 Å². The average molecular weight is 545 g/mol. The van der Waals surface area contributed by atoms with Gasteiger partial charge in [0.2, 0.25) is 0 Å². The largest absolute Gasteiger partial charge is 0.507 e. The zero-order chi connectivity index (χ0) is 29.2. The molecule has 0 fully saturated rings. The second-order valence-electron chi connectivity index (χ2n) is 13.9. The lowest BCUT2D eigenvalue weighted by molar-refractivity contribution is -0.143. The lowest BCUT2D eigenvalue weighted by atomic mass is 9.78. The molecule has 0 saturated heterocycles. The van der Waals surface area contributed by atoms with Gasteiger partial charge in [-0.1, -0.05) is 163 Å². The molecule has 0 aliphatic rings. The third kappa shape index (κ3) is 16.4. The van der Waals surface area contributed by atoms with E-state index in [0.29, 0.717) is 25.2 Å². The van der Waals surface area contributed by atoms with Gasteiger partial charge in [-0.05, 0) is 40.4 Å². The third-order valence-electron chi connectivity index (χ3n) is 7.91. The topological polar surface area (TPSA) is 46.5 Å². The van der Waals surface area contributed by atoms with E-state index in [0.717, 1.165) is 29.5 Å². The smallest absolute Gasteiger partial charge is 0.306 e. The Labute approximate surface area is 242 Å². The number of benzene rings is 1. The van der Waals surface area contributed by atoms with E-state index in [-0.39, 0.29) is 16.8 Å². The number of unbranched alkanes of at least 4 members (excludes halogenated alkanes) is 16. The van der Waals surface area contributed by atoms with E-state index < -0.39 is 0 Å². The van der Waals surface area contributed by atoms with Crippen molar-refractivity contribution in [1.82, 2.24) is 0 Å². The number of phenols is 1. The summed E-state index contributed by atoms with van der Waals surface area (Å²) in [6.07, 6.45) is 24.0. The Morgan fingerprint density at radius 3 is 1.36 bits per heavy atom. The highest BCUT2D eigenvalue weighted by Gasteiger charge is 2.26. The fraction of sp³-hybridized carbons (Fsp3) is 0.806. The van der Waals surface area contributed by atoms with Gasteiger partial charge < -0.3 is 9.84 Å². The Hall–Kier alpha value is -1.51. The summed E-state index contributed by atoms with van der Waals surface area (Å²) in [5.41, 5.74) is 2.67. The number of aromatic hydroxyl groups is 1. The van der Waals surface area contributed by atoms with Gasteiger partial charge in [0.15, 0.2) is 0 Å². The third-order valence-corrected chi connectivity index (χ3v) is 7.91. The molecule has 0 heterocycles. The minimum atomic E-state index is -0.159. The van der Waals surface area contributed by atoms with E-state index in [9.17, 15) is 9.90 Å². The van der Waals surface area contributed by atoms with Crippen LogP contribution >= 0.6 is 0 Å². The van der Waals surface area contributed by atoms with E-state index >= 15 is 0 Å². The molecule has 0 radical (unpaired) electrons. The molecule has 3 nitrogen and oxygen atoms in total. The molecule has 0 bridgehead atoms. The van der Waals surface area contributed by atoms with Gasteiger partial charge in [0, 0.05) is 6.42 Å². The van der Waals surface area contributed by atoms with Crippen LogP contribution in [0.1, 0.15) is 181 Å². The van der Waals surface area contributed by atoms with Crippen molar-refractivity contribution < 1.29 is 14.6 Å². The van der Waals surface area contributed by atoms with E-state index in [1.165, 1.54) is 96.3 Å². The molecule has 1 aromatic rings. The van der Waals surface area contributed by atoms with Crippen molar-refractivity contribution in [2.45, 2.75) is 181 Å². The van der Waals surface area contributed by atoms with E-state index in [2.05, 4.69) is 60.6 Å². The Bertz CT molecular complexity index is 746. The molecule has 0 aliphatic heterocycles. The predicted molar refractivity (Wildman–Crippen MR) is 169 cm³/mol. The van der Waals surface area contributed by atoms with Gasteiger partial charge in [0.25, 0.3) is 0 Å². The number of ether oxygens (including phenoxy) is 1. The molecule has 1 N–H and O–H groups in total. The highest BCUT2D eigenvalue weighted by molar-refractivity contribution is 5.69. The molecule has 0 aromatic heterocycles. The van der Waals surface area contributed by atoms with Crippen LogP contribution < -0.4 is 0 Å². The van der Waals surface area contributed by atoms with Crippen molar-refractivity contribution in [1.29, 1.82) is 0 Å². The van der Waals surface area contributed by atoms with Gasteiger partial charge in [0.1, 0.15) is 5.75 Å². The molecule has 1 rings (SSSR count). The average Bonchev–Trinajstić information content (AvgIpc) is 2.86. The van der Waals surface area contributed by atoms with Gasteiger partial charge in [-0.3, -0.25) is 4.79 Å². The molecule has 0 amide bonds. The number of hydrogen-bond donors (Lipinski definition) is 1. The van der Waals surface area contributed by atoms with Crippen LogP contribution in [0.2, 0.25) is 0 Å². The van der Waals surface area contributed by atoms with Crippen molar-refractivity contribution in [3.05, 3.63) is 28.8 Å². The molecule has 0 spiro atoms. The summed E-state index contributed by atoms with van der Waals surface area (Å²) in [7, 11) is 0. The van der Waals surface area contributed by atoms with Gasteiger partial charge in [-0.15, -0.1) is 0 Å². The zero-order valence-corrected chi connectivity index (χ0v) is 27.1. The monoisotopic (exact) mass is 544 g/mol. The molecular weight excluding hydrogens is 480 g/mol. The molecule has 0 atom stereocenters. The summed E-state index contributed by atoms with van der Waals surface area (Å²) in [6.45, 7) is 15.5. The van der Waals surface area contributed by atoms with E-state index in [1.807, 2.05) is 0 Å². The number of carbonyl (C=O) groups excluding carboxylic acids is 1. The molecular formula is C36H64O3. The fourth-order valence-electron chi connectivity index (χ4n) is 5.31. The molecule has 0 saturated carbocycles. The van der Waals surface area contributed by atoms with Crippen LogP contribution in [0.3, 0.4) is 0 Å². The lowest BCUT2D eigenvalue weighted by Gasteiger charge is -2.28. The van der Waals surface area contributed by atoms with Gasteiger partial charge in [-0.2, -0.15) is 0 Å². The molecule has 39 heavy (non-hydrogen) atoms. The first kappa shape index (κ1) is 35.5. The van der Waals surface area contributed by atoms with Crippen LogP contribution in [-0.4, -0.2) is 17.7 Å². The van der Waals surface area contributed by atoms with E-state index in [1.54, 1.807) is 0 Å². The highest BCUT2D eigenvalue weighted by Crippen LogP contribution is 2.40. The van der Waals surface area contributed by atoms with Crippen molar-refractivity contribution in [3.8, 4) is 5.75 Å². The summed E-state index contributed by atoms with van der Waals surface area (Å²) in [5, 5.41) is 10.9. The van der Waals surface area contributed by atoms with Crippen LogP contribution in [0, 0.1) is 0 Å². The normalized spacial score (nSPS) is 12.2. The zero-order valence-electron chi connectivity index (χ0n) is 27.1. The fourth-order valence-corrected chi connectivity index (χ4v) is 5.31. The summed E-state index contributed by atoms with van der Waals surface area (Å²) in [5.74, 6) is 0.273. The first-order chi connectivity index (χ1) is 18.5. The highest BCUT2D eigenvalue weighted by atomic mass is 16.5. The molecule has 226 valence electrons. The second kappa shape index (κ2) is 19.5. The molecule has 0 aliphatic carbocycles. The number of aryl methyl sites for hydroxylation is 1. The van der Waals surface area contributed by atoms with Crippen molar-refractivity contribution in [3.63, 3.8) is 0 Å². The Balaban J connectivity index is 2.10. The summed E-state index contributed by atoms with van der Waals surface area (Å²) in [4.78, 5) is 12.3. The quantitative estimate of drug-likeness (QED) is 0.124. The number of rotatable bonds is 21. The molecule has 3 heteroatoms. The summed E-state index contributed by atoms with van der Waals surface area (Å²) in [6, 6.07) is 4.13. The first-order valence-electron chi connectivity index (χ1n) is 16.5. The lowest BCUT2D eigenvalue weighted by Crippen LogP contribution is -2.18. The van der Waals surface area contributed by atoms with Crippen molar-refractivity contribution in [2.75, 3.05) is 6.61 Å². The van der Waals surface area contributed by atoms with Crippen LogP contribution in [0.25, 0.3) is 0 Å². The predicted octanol–water partition coefficient (Wildman–Crippen LogP) is 11.1. The van der Waals surface area contributed by atoms with Crippen molar-refractivity contribution >= 4 is 5.97 Å². The minimum absolute atomic E-state index is 0.116. The summed E-state index contributed by atoms with van der Waals surface area (Å²) < 4.78 is 5.52. The minimum Gasteiger partial charge on any atom is -0.507 e. The Morgan fingerprint density at radius 2 is 1.00 bits per heavy atom. The standard InChI is InChI=1S/C36H64O3/c1-8-9-10-11-12-13-14-15-16-17-18-19-20-21-22-23-24-27-39-33(37)26-25-30-28-31(35(2,3)4)34(38)32(29-30)36(5,6)7/h28-29,38H,8-27H2,1-7H3. The first-order valence-corrected chi connectivity index (χ1v) is 16.5. The Kier molecular flexibility index (Phi) is 17.8. The second-order valence-corrected chi connectivity index (χ2v) is 13.9. The number of phenolic OH excluding ortho intramolecular Hbond substituents is 1. The maximum absolute atomic E-state index is 12.3. The number of esters is 1. The van der Waals surface area contributed by atoms with E-state index in [4.69, 9.17) is 4.74 Å². The van der Waals surface area contributed by atoms with Gasteiger partial charge in [0.05, 0.1) is 6.61 Å². The number of carbonyl (C=O) groups is 1. The van der Waals surface area contributed by atoms with Crippen LogP contribution in [-0.2, 0) is 26.8 Å². The molecule has 0 unspecified atom stereocenters. The van der Waals surface area contributed by atoms with Crippen LogP contribution in [0.5, 0.6) is 5.75 Å². The summed E-state index contributed by atoms with van der Waals surface area (Å²) >= 11 is 0. The maximum atomic E-state index is 12.3. The molecule has 1 aromatic carbocycles. The van der Waals surface area contributed by atoms with Gasteiger partial charge in [-0.25, -0.2) is 0 Å². The maximum Gasteiger partial charge on any atom is 0.306 e.